The molecular weight excluding hydrogens is 404 g/mol. The minimum atomic E-state index is 0.448. The van der Waals surface area contributed by atoms with Crippen LogP contribution in [0.25, 0.3) is 21.9 Å². The molecule has 0 N–H and O–H groups in total. The molecule has 0 aliphatic rings. The van der Waals surface area contributed by atoms with Crippen LogP contribution in [-0.2, 0) is 0 Å². The molecular formula is C31H32S. The van der Waals surface area contributed by atoms with E-state index >= 15 is 0 Å². The third-order valence-electron chi connectivity index (χ3n) is 6.38. The van der Waals surface area contributed by atoms with E-state index in [1.165, 1.54) is 32.4 Å². The van der Waals surface area contributed by atoms with Crippen LogP contribution in [0.15, 0.2) is 114 Å². The van der Waals surface area contributed by atoms with Gasteiger partial charge in [-0.3, -0.25) is 0 Å². The Balaban J connectivity index is 1.58. The van der Waals surface area contributed by atoms with Gasteiger partial charge in [0.25, 0.3) is 0 Å². The normalized spacial score (nSPS) is 14.5. The van der Waals surface area contributed by atoms with Gasteiger partial charge in [-0.15, -0.1) is 11.8 Å². The van der Waals surface area contributed by atoms with Crippen LogP contribution in [0.4, 0.5) is 0 Å². The van der Waals surface area contributed by atoms with Crippen LogP contribution in [0.3, 0.4) is 0 Å². The molecule has 4 aromatic rings. The van der Waals surface area contributed by atoms with Crippen molar-refractivity contribution in [2.45, 2.75) is 43.3 Å². The summed E-state index contributed by atoms with van der Waals surface area (Å²) in [5.74, 6) is 0.986. The van der Waals surface area contributed by atoms with E-state index in [2.05, 4.69) is 130 Å². The maximum absolute atomic E-state index is 2.41. The fourth-order valence-corrected chi connectivity index (χ4v) is 5.46. The zero-order chi connectivity index (χ0) is 22.3. The number of hydrogen-bond acceptors (Lipinski definition) is 1. The molecule has 0 bridgehead atoms. The molecule has 0 amide bonds. The molecule has 1 unspecified atom stereocenters. The van der Waals surface area contributed by atoms with E-state index in [1.807, 2.05) is 11.8 Å². The van der Waals surface area contributed by atoms with Crippen LogP contribution in [-0.4, -0.2) is 5.25 Å². The molecule has 0 heterocycles. The van der Waals surface area contributed by atoms with Crippen molar-refractivity contribution in [2.75, 3.05) is 0 Å². The first kappa shape index (κ1) is 22.4. The van der Waals surface area contributed by atoms with E-state index in [4.69, 9.17) is 0 Å². The molecule has 0 saturated heterocycles. The van der Waals surface area contributed by atoms with E-state index in [0.717, 1.165) is 6.42 Å². The van der Waals surface area contributed by atoms with Crippen molar-refractivity contribution >= 4 is 22.5 Å². The lowest BCUT2D eigenvalue weighted by molar-refractivity contribution is 0.504. The van der Waals surface area contributed by atoms with Crippen molar-refractivity contribution in [3.63, 3.8) is 0 Å². The fraction of sp³-hybridized carbons (Fsp3) is 0.226. The monoisotopic (exact) mass is 436 g/mol. The van der Waals surface area contributed by atoms with Gasteiger partial charge in [0.15, 0.2) is 0 Å². The second-order valence-corrected chi connectivity index (χ2v) is 9.82. The van der Waals surface area contributed by atoms with E-state index < -0.39 is 0 Å². The largest absolute Gasteiger partial charge is 0.118 e. The SMILES string of the molecule is CC/C=C\[C@H](Sc1ccccc1)[C@H](C)C(C)c1ccc2cc(-c3ccccc3)ccc2c1. The average molecular weight is 437 g/mol. The number of hydrogen-bond donors (Lipinski definition) is 0. The van der Waals surface area contributed by atoms with Gasteiger partial charge in [-0.05, 0) is 63.9 Å². The maximum Gasteiger partial charge on any atom is 0.0305 e. The molecule has 162 valence electrons. The molecule has 0 nitrogen and oxygen atoms in total. The molecule has 0 aromatic heterocycles. The van der Waals surface area contributed by atoms with Gasteiger partial charge in [-0.25, -0.2) is 0 Å². The first-order valence-electron chi connectivity index (χ1n) is 11.6. The summed E-state index contributed by atoms with van der Waals surface area (Å²) in [6, 6.07) is 35.2. The molecule has 0 radical (unpaired) electrons. The molecule has 1 heteroatoms. The average Bonchev–Trinajstić information content (AvgIpc) is 2.86. The van der Waals surface area contributed by atoms with Crippen molar-refractivity contribution in [3.8, 4) is 11.1 Å². The molecule has 3 atom stereocenters. The van der Waals surface area contributed by atoms with Crippen LogP contribution >= 0.6 is 11.8 Å². The van der Waals surface area contributed by atoms with Gasteiger partial charge < -0.3 is 0 Å². The smallest absolute Gasteiger partial charge is 0.0305 e. The summed E-state index contributed by atoms with van der Waals surface area (Å²) in [6.07, 6.45) is 5.80. The summed E-state index contributed by atoms with van der Waals surface area (Å²) in [6.45, 7) is 6.98. The maximum atomic E-state index is 2.41. The van der Waals surface area contributed by atoms with Crippen molar-refractivity contribution in [3.05, 3.63) is 115 Å². The highest BCUT2D eigenvalue weighted by molar-refractivity contribution is 8.00. The van der Waals surface area contributed by atoms with Crippen molar-refractivity contribution in [2.24, 2.45) is 5.92 Å². The highest BCUT2D eigenvalue weighted by Gasteiger charge is 2.23. The Morgan fingerprint density at radius 3 is 2.09 bits per heavy atom. The van der Waals surface area contributed by atoms with Gasteiger partial charge >= 0.3 is 0 Å². The lowest BCUT2D eigenvalue weighted by Crippen LogP contribution is -2.18. The van der Waals surface area contributed by atoms with E-state index in [0.29, 0.717) is 17.1 Å². The lowest BCUT2D eigenvalue weighted by Gasteiger charge is -2.27. The Morgan fingerprint density at radius 2 is 1.38 bits per heavy atom. The third kappa shape index (κ3) is 5.34. The Hall–Kier alpha value is -2.77. The highest BCUT2D eigenvalue weighted by atomic mass is 32.2. The quantitative estimate of drug-likeness (QED) is 0.196. The molecule has 0 spiro atoms. The van der Waals surface area contributed by atoms with Gasteiger partial charge in [-0.1, -0.05) is 112 Å². The summed E-state index contributed by atoms with van der Waals surface area (Å²) in [5, 5.41) is 3.07. The van der Waals surface area contributed by atoms with Gasteiger partial charge in [0.2, 0.25) is 0 Å². The second kappa shape index (κ2) is 10.7. The summed E-state index contributed by atoms with van der Waals surface area (Å²) in [7, 11) is 0. The summed E-state index contributed by atoms with van der Waals surface area (Å²) < 4.78 is 0. The molecule has 4 aromatic carbocycles. The first-order chi connectivity index (χ1) is 15.7. The molecule has 4 rings (SSSR count). The highest BCUT2D eigenvalue weighted by Crippen LogP contribution is 2.37. The predicted octanol–water partition coefficient (Wildman–Crippen LogP) is 9.37. The molecule has 32 heavy (non-hydrogen) atoms. The minimum Gasteiger partial charge on any atom is -0.118 e. The summed E-state index contributed by atoms with van der Waals surface area (Å²) >= 11 is 1.98. The van der Waals surface area contributed by atoms with Crippen LogP contribution in [0.2, 0.25) is 0 Å². The Bertz CT molecular complexity index is 1160. The van der Waals surface area contributed by atoms with E-state index in [1.54, 1.807) is 0 Å². The fourth-order valence-electron chi connectivity index (χ4n) is 4.19. The van der Waals surface area contributed by atoms with Gasteiger partial charge in [0, 0.05) is 10.1 Å². The van der Waals surface area contributed by atoms with Crippen LogP contribution in [0, 0.1) is 5.92 Å². The summed E-state index contributed by atoms with van der Waals surface area (Å²) in [4.78, 5) is 1.34. The van der Waals surface area contributed by atoms with Gasteiger partial charge in [0.05, 0.1) is 0 Å². The predicted molar refractivity (Wildman–Crippen MR) is 142 cm³/mol. The lowest BCUT2D eigenvalue weighted by atomic mass is 9.85. The number of thioether (sulfide) groups is 1. The van der Waals surface area contributed by atoms with Crippen molar-refractivity contribution in [1.29, 1.82) is 0 Å². The second-order valence-electron chi connectivity index (χ2n) is 8.57. The van der Waals surface area contributed by atoms with Crippen LogP contribution in [0.1, 0.15) is 38.7 Å². The minimum absolute atomic E-state index is 0.448. The number of rotatable bonds is 8. The Morgan fingerprint density at radius 1 is 0.719 bits per heavy atom. The molecule has 0 aliphatic heterocycles. The van der Waals surface area contributed by atoms with Gasteiger partial charge in [-0.2, -0.15) is 0 Å². The van der Waals surface area contributed by atoms with E-state index in [-0.39, 0.29) is 0 Å². The third-order valence-corrected chi connectivity index (χ3v) is 7.78. The van der Waals surface area contributed by atoms with E-state index in [9.17, 15) is 0 Å². The zero-order valence-electron chi connectivity index (χ0n) is 19.2. The topological polar surface area (TPSA) is 0 Å². The van der Waals surface area contributed by atoms with Crippen LogP contribution in [0.5, 0.6) is 0 Å². The van der Waals surface area contributed by atoms with Crippen LogP contribution < -0.4 is 0 Å². The molecule has 0 aliphatic carbocycles. The van der Waals surface area contributed by atoms with Crippen molar-refractivity contribution in [1.82, 2.24) is 0 Å². The standard InChI is InChI=1S/C31H32S/c1-4-5-16-31(32-30-14-10-7-11-15-30)24(3)23(2)26-17-18-29-22-27(19-20-28(29)21-26)25-12-8-6-9-13-25/h5-24,31H,4H2,1-3H3/b16-5-/t23?,24-,31+/m1/s1. The molecule has 0 saturated carbocycles. The summed E-state index contributed by atoms with van der Waals surface area (Å²) in [5.41, 5.74) is 3.96. The number of fused-ring (bicyclic) bond motifs is 1. The number of benzene rings is 4. The zero-order valence-corrected chi connectivity index (χ0v) is 20.1. The number of allylic oxidation sites excluding steroid dienone is 1. The Labute approximate surface area is 197 Å². The van der Waals surface area contributed by atoms with Gasteiger partial charge in [0.1, 0.15) is 0 Å². The van der Waals surface area contributed by atoms with Crippen molar-refractivity contribution < 1.29 is 0 Å². The Kier molecular flexibility index (Phi) is 7.50. The molecule has 0 fully saturated rings. The first-order valence-corrected chi connectivity index (χ1v) is 12.5.